The summed E-state index contributed by atoms with van der Waals surface area (Å²) in [4.78, 5) is 28.8. The number of hydrogen-bond donors (Lipinski definition) is 1. The molecule has 0 spiro atoms. The van der Waals surface area contributed by atoms with E-state index in [0.717, 1.165) is 23.5 Å². The maximum atomic E-state index is 12.7. The molecule has 1 aliphatic rings. The van der Waals surface area contributed by atoms with Gasteiger partial charge in [-0.3, -0.25) is 9.59 Å². The van der Waals surface area contributed by atoms with Crippen molar-refractivity contribution in [1.82, 2.24) is 10.2 Å². The van der Waals surface area contributed by atoms with Gasteiger partial charge in [0.15, 0.2) is 0 Å². The molecular formula is C21H20N2O3S. The molecule has 0 unspecified atom stereocenters. The molecule has 0 saturated heterocycles. The Morgan fingerprint density at radius 3 is 2.74 bits per heavy atom. The third-order valence-electron chi connectivity index (χ3n) is 4.62. The molecule has 0 radical (unpaired) electrons. The topological polar surface area (TPSA) is 62.6 Å². The molecule has 0 fully saturated rings. The van der Waals surface area contributed by atoms with Crippen LogP contribution in [0, 0.1) is 6.92 Å². The summed E-state index contributed by atoms with van der Waals surface area (Å²) in [5, 5.41) is 2.89. The summed E-state index contributed by atoms with van der Waals surface area (Å²) < 4.78 is 5.48. The third-order valence-corrected chi connectivity index (χ3v) is 5.85. The second-order valence-electron chi connectivity index (χ2n) is 6.60. The fraction of sp³-hybridized carbons (Fsp3) is 0.238. The lowest BCUT2D eigenvalue weighted by Gasteiger charge is -2.27. The van der Waals surface area contributed by atoms with Crippen LogP contribution in [-0.2, 0) is 19.5 Å². The van der Waals surface area contributed by atoms with E-state index < -0.39 is 0 Å². The van der Waals surface area contributed by atoms with E-state index >= 15 is 0 Å². The Bertz CT molecular complexity index is 974. The van der Waals surface area contributed by atoms with Crippen LogP contribution in [0.2, 0.25) is 0 Å². The Kier molecular flexibility index (Phi) is 4.81. The first kappa shape index (κ1) is 17.5. The van der Waals surface area contributed by atoms with E-state index in [9.17, 15) is 9.59 Å². The average Bonchev–Trinajstić information content (AvgIpc) is 3.31. The van der Waals surface area contributed by atoms with Crippen LogP contribution in [0.1, 0.15) is 42.0 Å². The number of nitrogens with one attached hydrogen (secondary N) is 1. The zero-order chi connectivity index (χ0) is 18.8. The first-order chi connectivity index (χ1) is 13.1. The van der Waals surface area contributed by atoms with Crippen LogP contribution in [0.4, 0.5) is 0 Å². The van der Waals surface area contributed by atoms with Crippen LogP contribution < -0.4 is 5.32 Å². The normalized spacial score (nSPS) is 13.3. The highest BCUT2D eigenvalue weighted by Crippen LogP contribution is 2.29. The number of rotatable bonds is 4. The Morgan fingerprint density at radius 2 is 2.00 bits per heavy atom. The SMILES string of the molecule is Cc1ccc(CNC(=O)c2cc3c(s2)CCN(C(=O)c2ccccc2)C3)o1. The maximum absolute atomic E-state index is 12.7. The second kappa shape index (κ2) is 7.40. The fourth-order valence-electron chi connectivity index (χ4n) is 3.22. The van der Waals surface area contributed by atoms with Crippen molar-refractivity contribution in [1.29, 1.82) is 0 Å². The Labute approximate surface area is 161 Å². The second-order valence-corrected chi connectivity index (χ2v) is 7.73. The molecule has 4 rings (SSSR count). The van der Waals surface area contributed by atoms with Crippen molar-refractivity contribution in [3.05, 3.63) is 80.9 Å². The molecule has 0 saturated carbocycles. The van der Waals surface area contributed by atoms with Crippen LogP contribution in [-0.4, -0.2) is 23.3 Å². The number of amides is 2. The van der Waals surface area contributed by atoms with Crippen molar-refractivity contribution in [2.24, 2.45) is 0 Å². The lowest BCUT2D eigenvalue weighted by atomic mass is 10.1. The standard InChI is InChI=1S/C21H20N2O3S/c1-14-7-8-17(26-14)12-22-20(24)19-11-16-13-23(10-9-18(16)27-19)21(25)15-5-3-2-4-6-15/h2-8,11H,9-10,12-13H2,1H3,(H,22,24). The molecule has 1 aliphatic heterocycles. The highest BCUT2D eigenvalue weighted by molar-refractivity contribution is 7.14. The number of carbonyl (C=O) groups excluding carboxylic acids is 2. The average molecular weight is 380 g/mol. The van der Waals surface area contributed by atoms with Gasteiger partial charge in [-0.2, -0.15) is 0 Å². The smallest absolute Gasteiger partial charge is 0.261 e. The summed E-state index contributed by atoms with van der Waals surface area (Å²) in [7, 11) is 0. The molecule has 0 atom stereocenters. The van der Waals surface area contributed by atoms with Gasteiger partial charge < -0.3 is 14.6 Å². The summed E-state index contributed by atoms with van der Waals surface area (Å²) in [6.45, 7) is 3.47. The van der Waals surface area contributed by atoms with E-state index in [1.807, 2.05) is 60.4 Å². The van der Waals surface area contributed by atoms with E-state index in [4.69, 9.17) is 4.42 Å². The van der Waals surface area contributed by atoms with Gasteiger partial charge in [-0.1, -0.05) is 18.2 Å². The number of aryl methyl sites for hydroxylation is 1. The summed E-state index contributed by atoms with van der Waals surface area (Å²) in [5.74, 6) is 1.49. The van der Waals surface area contributed by atoms with Crippen molar-refractivity contribution in [2.75, 3.05) is 6.54 Å². The molecule has 3 aromatic rings. The van der Waals surface area contributed by atoms with Crippen molar-refractivity contribution in [3.8, 4) is 0 Å². The highest BCUT2D eigenvalue weighted by Gasteiger charge is 2.25. The fourth-order valence-corrected chi connectivity index (χ4v) is 4.30. The molecule has 2 aromatic heterocycles. The van der Waals surface area contributed by atoms with Gasteiger partial charge in [0.1, 0.15) is 11.5 Å². The van der Waals surface area contributed by atoms with Crippen LogP contribution in [0.25, 0.3) is 0 Å². The summed E-state index contributed by atoms with van der Waals surface area (Å²) >= 11 is 1.51. The minimum absolute atomic E-state index is 0.0339. The molecule has 0 aliphatic carbocycles. The van der Waals surface area contributed by atoms with Gasteiger partial charge in [-0.05, 0) is 49.2 Å². The van der Waals surface area contributed by atoms with Crippen LogP contribution in [0.15, 0.2) is 52.9 Å². The first-order valence-corrected chi connectivity index (χ1v) is 9.71. The van der Waals surface area contributed by atoms with E-state index in [1.165, 1.54) is 16.2 Å². The number of thiophene rings is 1. The third kappa shape index (κ3) is 3.80. The molecule has 6 heteroatoms. The molecule has 27 heavy (non-hydrogen) atoms. The lowest BCUT2D eigenvalue weighted by molar-refractivity contribution is 0.0736. The van der Waals surface area contributed by atoms with Crippen LogP contribution in [0.3, 0.4) is 0 Å². The summed E-state index contributed by atoms with van der Waals surface area (Å²) in [6.07, 6.45) is 0.781. The predicted octanol–water partition coefficient (Wildman–Crippen LogP) is 3.78. The van der Waals surface area contributed by atoms with E-state index in [2.05, 4.69) is 5.32 Å². The lowest BCUT2D eigenvalue weighted by Crippen LogP contribution is -2.35. The number of furan rings is 1. The Hall–Kier alpha value is -2.86. The minimum atomic E-state index is -0.107. The van der Waals surface area contributed by atoms with Gasteiger partial charge in [-0.25, -0.2) is 0 Å². The number of benzene rings is 1. The minimum Gasteiger partial charge on any atom is -0.465 e. The molecule has 1 N–H and O–H groups in total. The number of nitrogens with zero attached hydrogens (tertiary/aromatic N) is 1. The van der Waals surface area contributed by atoms with Crippen molar-refractivity contribution in [2.45, 2.75) is 26.4 Å². The Balaban J connectivity index is 1.42. The molecular weight excluding hydrogens is 360 g/mol. The highest BCUT2D eigenvalue weighted by atomic mass is 32.1. The molecule has 138 valence electrons. The molecule has 5 nitrogen and oxygen atoms in total. The van der Waals surface area contributed by atoms with Crippen LogP contribution >= 0.6 is 11.3 Å². The Morgan fingerprint density at radius 1 is 1.19 bits per heavy atom. The number of fused-ring (bicyclic) bond motifs is 1. The summed E-state index contributed by atoms with van der Waals surface area (Å²) in [5.41, 5.74) is 1.76. The van der Waals surface area contributed by atoms with Crippen molar-refractivity contribution < 1.29 is 14.0 Å². The van der Waals surface area contributed by atoms with Gasteiger partial charge in [0.25, 0.3) is 11.8 Å². The van der Waals surface area contributed by atoms with Gasteiger partial charge in [0, 0.05) is 23.5 Å². The van der Waals surface area contributed by atoms with Crippen molar-refractivity contribution in [3.63, 3.8) is 0 Å². The maximum Gasteiger partial charge on any atom is 0.261 e. The summed E-state index contributed by atoms with van der Waals surface area (Å²) in [6, 6.07) is 15.0. The number of hydrogen-bond acceptors (Lipinski definition) is 4. The molecule has 0 bridgehead atoms. The largest absolute Gasteiger partial charge is 0.465 e. The zero-order valence-corrected chi connectivity index (χ0v) is 15.8. The quantitative estimate of drug-likeness (QED) is 0.749. The van der Waals surface area contributed by atoms with Gasteiger partial charge >= 0.3 is 0 Å². The van der Waals surface area contributed by atoms with Gasteiger partial charge in [0.05, 0.1) is 11.4 Å². The van der Waals surface area contributed by atoms with Crippen molar-refractivity contribution >= 4 is 23.2 Å². The predicted molar refractivity (Wildman–Crippen MR) is 104 cm³/mol. The van der Waals surface area contributed by atoms with E-state index in [0.29, 0.717) is 30.1 Å². The molecule has 2 amide bonds. The number of carbonyl (C=O) groups is 2. The molecule has 3 heterocycles. The van der Waals surface area contributed by atoms with Gasteiger partial charge in [0.2, 0.25) is 0 Å². The monoisotopic (exact) mass is 380 g/mol. The van der Waals surface area contributed by atoms with E-state index in [-0.39, 0.29) is 11.8 Å². The zero-order valence-electron chi connectivity index (χ0n) is 15.0. The van der Waals surface area contributed by atoms with Gasteiger partial charge in [-0.15, -0.1) is 11.3 Å². The van der Waals surface area contributed by atoms with E-state index in [1.54, 1.807) is 0 Å². The molecule has 1 aromatic carbocycles. The van der Waals surface area contributed by atoms with Crippen LogP contribution in [0.5, 0.6) is 0 Å². The first-order valence-electron chi connectivity index (χ1n) is 8.89.